The number of hydrogen-bond acceptors (Lipinski definition) is 3. The zero-order valence-electron chi connectivity index (χ0n) is 13.3. The molecule has 2 saturated carbocycles. The van der Waals surface area contributed by atoms with Crippen molar-refractivity contribution < 1.29 is 8.42 Å². The van der Waals surface area contributed by atoms with Crippen molar-refractivity contribution in [3.05, 3.63) is 0 Å². The van der Waals surface area contributed by atoms with Crippen LogP contribution in [0.4, 0.5) is 0 Å². The molecule has 2 rings (SSSR count). The Hall–Kier alpha value is -0.170. The van der Waals surface area contributed by atoms with Crippen LogP contribution in [0.5, 0.6) is 0 Å². The molecule has 124 valence electrons. The first-order valence-corrected chi connectivity index (χ1v) is 9.99. The average Bonchev–Trinajstić information content (AvgIpc) is 3.21. The SMILES string of the molecule is CN(CCCNC1CC1)S(=O)(=O)NC1CCCCCCC1. The van der Waals surface area contributed by atoms with E-state index in [0.717, 1.165) is 38.6 Å². The first-order valence-electron chi connectivity index (χ1n) is 8.55. The lowest BCUT2D eigenvalue weighted by molar-refractivity contribution is 0.399. The Morgan fingerprint density at radius 1 is 0.952 bits per heavy atom. The molecule has 21 heavy (non-hydrogen) atoms. The molecule has 0 atom stereocenters. The normalized spacial score (nSPS) is 22.2. The first kappa shape index (κ1) is 17.2. The Bertz CT molecular complexity index is 388. The lowest BCUT2D eigenvalue weighted by atomic mass is 9.97. The van der Waals surface area contributed by atoms with Gasteiger partial charge in [-0.2, -0.15) is 17.4 Å². The van der Waals surface area contributed by atoms with Crippen molar-refractivity contribution >= 4 is 10.2 Å². The number of hydrogen-bond donors (Lipinski definition) is 2. The highest BCUT2D eigenvalue weighted by atomic mass is 32.2. The van der Waals surface area contributed by atoms with Crippen molar-refractivity contribution in [3.63, 3.8) is 0 Å². The zero-order chi connectivity index (χ0) is 15.1. The summed E-state index contributed by atoms with van der Waals surface area (Å²) in [4.78, 5) is 0. The summed E-state index contributed by atoms with van der Waals surface area (Å²) in [5, 5.41) is 3.42. The zero-order valence-corrected chi connectivity index (χ0v) is 14.1. The quantitative estimate of drug-likeness (QED) is 0.673. The Morgan fingerprint density at radius 3 is 2.19 bits per heavy atom. The van der Waals surface area contributed by atoms with E-state index in [-0.39, 0.29) is 6.04 Å². The van der Waals surface area contributed by atoms with Crippen LogP contribution in [0.25, 0.3) is 0 Å². The summed E-state index contributed by atoms with van der Waals surface area (Å²) < 4.78 is 29.0. The van der Waals surface area contributed by atoms with Crippen LogP contribution in [0.1, 0.15) is 64.2 Å². The highest BCUT2D eigenvalue weighted by molar-refractivity contribution is 7.87. The fourth-order valence-electron chi connectivity index (χ4n) is 2.89. The minimum atomic E-state index is -3.32. The van der Waals surface area contributed by atoms with E-state index in [2.05, 4.69) is 10.0 Å². The van der Waals surface area contributed by atoms with Gasteiger partial charge in [-0.25, -0.2) is 0 Å². The summed E-state index contributed by atoms with van der Waals surface area (Å²) >= 11 is 0. The maximum absolute atomic E-state index is 12.3. The van der Waals surface area contributed by atoms with Gasteiger partial charge in [0.05, 0.1) is 0 Å². The average molecular weight is 317 g/mol. The Balaban J connectivity index is 1.69. The molecule has 0 heterocycles. The van der Waals surface area contributed by atoms with Gasteiger partial charge in [0.1, 0.15) is 0 Å². The Kier molecular flexibility index (Phi) is 6.92. The van der Waals surface area contributed by atoms with Crippen LogP contribution >= 0.6 is 0 Å². The van der Waals surface area contributed by atoms with Crippen LogP contribution in [0.3, 0.4) is 0 Å². The number of nitrogens with one attached hydrogen (secondary N) is 2. The molecule has 0 aliphatic heterocycles. The summed E-state index contributed by atoms with van der Waals surface area (Å²) in [6, 6.07) is 0.822. The lowest BCUT2D eigenvalue weighted by Crippen LogP contribution is -2.44. The van der Waals surface area contributed by atoms with E-state index in [4.69, 9.17) is 0 Å². The van der Waals surface area contributed by atoms with Crippen LogP contribution in [0.2, 0.25) is 0 Å². The van der Waals surface area contributed by atoms with Gasteiger partial charge in [0.25, 0.3) is 10.2 Å². The van der Waals surface area contributed by atoms with E-state index >= 15 is 0 Å². The van der Waals surface area contributed by atoms with Crippen LogP contribution in [0.15, 0.2) is 0 Å². The monoisotopic (exact) mass is 317 g/mol. The van der Waals surface area contributed by atoms with E-state index in [1.54, 1.807) is 7.05 Å². The second-order valence-electron chi connectivity index (χ2n) is 6.57. The van der Waals surface area contributed by atoms with Crippen molar-refractivity contribution in [2.75, 3.05) is 20.1 Å². The van der Waals surface area contributed by atoms with Gasteiger partial charge >= 0.3 is 0 Å². The second-order valence-corrected chi connectivity index (χ2v) is 8.38. The summed E-state index contributed by atoms with van der Waals surface area (Å²) in [7, 11) is -1.63. The number of nitrogens with zero attached hydrogens (tertiary/aromatic N) is 1. The van der Waals surface area contributed by atoms with Gasteiger partial charge in [-0.15, -0.1) is 0 Å². The van der Waals surface area contributed by atoms with Gasteiger partial charge in [0, 0.05) is 25.7 Å². The maximum Gasteiger partial charge on any atom is 0.279 e. The smallest absolute Gasteiger partial charge is 0.279 e. The minimum absolute atomic E-state index is 0.127. The van der Waals surface area contributed by atoms with Gasteiger partial charge in [-0.1, -0.05) is 32.1 Å². The molecule has 2 aliphatic rings. The van der Waals surface area contributed by atoms with Gasteiger partial charge in [0.2, 0.25) is 0 Å². The van der Waals surface area contributed by atoms with Gasteiger partial charge in [0.15, 0.2) is 0 Å². The van der Waals surface area contributed by atoms with Crippen LogP contribution in [-0.2, 0) is 10.2 Å². The molecular weight excluding hydrogens is 286 g/mol. The summed E-state index contributed by atoms with van der Waals surface area (Å²) in [6.07, 6.45) is 11.4. The summed E-state index contributed by atoms with van der Waals surface area (Å²) in [6.45, 7) is 1.50. The van der Waals surface area contributed by atoms with E-state index in [1.807, 2.05) is 0 Å². The second kappa shape index (κ2) is 8.46. The molecule has 0 radical (unpaired) electrons. The molecule has 2 N–H and O–H groups in total. The highest BCUT2D eigenvalue weighted by Gasteiger charge is 2.23. The highest BCUT2D eigenvalue weighted by Crippen LogP contribution is 2.19. The predicted molar refractivity (Wildman–Crippen MR) is 86.4 cm³/mol. The molecule has 0 aromatic heterocycles. The van der Waals surface area contributed by atoms with Crippen molar-refractivity contribution in [2.24, 2.45) is 0 Å². The fourth-order valence-corrected chi connectivity index (χ4v) is 4.10. The van der Waals surface area contributed by atoms with Gasteiger partial charge < -0.3 is 5.32 Å². The van der Waals surface area contributed by atoms with E-state index < -0.39 is 10.2 Å². The molecule has 0 amide bonds. The van der Waals surface area contributed by atoms with E-state index in [9.17, 15) is 8.42 Å². The molecule has 5 nitrogen and oxygen atoms in total. The van der Waals surface area contributed by atoms with Gasteiger partial charge in [-0.3, -0.25) is 0 Å². The summed E-state index contributed by atoms with van der Waals surface area (Å²) in [5.74, 6) is 0. The van der Waals surface area contributed by atoms with Crippen LogP contribution < -0.4 is 10.0 Å². The first-order chi connectivity index (χ1) is 10.1. The third kappa shape index (κ3) is 6.63. The maximum atomic E-state index is 12.3. The minimum Gasteiger partial charge on any atom is -0.314 e. The Labute approximate surface area is 130 Å². The lowest BCUT2D eigenvalue weighted by Gasteiger charge is -2.24. The largest absolute Gasteiger partial charge is 0.314 e. The topological polar surface area (TPSA) is 61.4 Å². The van der Waals surface area contributed by atoms with Crippen molar-refractivity contribution in [1.29, 1.82) is 0 Å². The predicted octanol–water partition coefficient (Wildman–Crippen LogP) is 2.01. The molecule has 0 aromatic carbocycles. The van der Waals surface area contributed by atoms with Crippen LogP contribution in [0, 0.1) is 0 Å². The van der Waals surface area contributed by atoms with Crippen molar-refractivity contribution in [3.8, 4) is 0 Å². The van der Waals surface area contributed by atoms with Crippen LogP contribution in [-0.4, -0.2) is 44.9 Å². The molecule has 0 aromatic rings. The molecule has 2 aliphatic carbocycles. The van der Waals surface area contributed by atoms with E-state index in [1.165, 1.54) is 36.4 Å². The van der Waals surface area contributed by atoms with E-state index in [0.29, 0.717) is 12.6 Å². The molecule has 0 spiro atoms. The molecule has 2 fully saturated rings. The molecule has 0 bridgehead atoms. The third-order valence-corrected chi connectivity index (χ3v) is 6.13. The van der Waals surface area contributed by atoms with Crippen molar-refractivity contribution in [1.82, 2.24) is 14.3 Å². The van der Waals surface area contributed by atoms with Crippen molar-refractivity contribution in [2.45, 2.75) is 76.3 Å². The standard InChI is InChI=1S/C15H31N3O2S/c1-18(13-7-12-16-14-10-11-14)21(19,20)17-15-8-5-3-2-4-6-9-15/h14-17H,2-13H2,1H3. The molecular formula is C15H31N3O2S. The third-order valence-electron chi connectivity index (χ3n) is 4.49. The molecule has 0 unspecified atom stereocenters. The molecule has 6 heteroatoms. The summed E-state index contributed by atoms with van der Waals surface area (Å²) in [5.41, 5.74) is 0. The Morgan fingerprint density at radius 2 is 1.57 bits per heavy atom. The fraction of sp³-hybridized carbons (Fsp3) is 1.00. The van der Waals surface area contributed by atoms with Gasteiger partial charge in [-0.05, 0) is 38.6 Å². The molecule has 0 saturated heterocycles. The number of rotatable bonds is 8.